The van der Waals surface area contributed by atoms with Crippen LogP contribution in [-0.2, 0) is 6.54 Å². The third-order valence-electron chi connectivity index (χ3n) is 1.12. The van der Waals surface area contributed by atoms with Gasteiger partial charge in [0.1, 0.15) is 0 Å². The molecule has 0 atom stereocenters. The van der Waals surface area contributed by atoms with Gasteiger partial charge in [0, 0.05) is 12.1 Å². The van der Waals surface area contributed by atoms with Crippen LogP contribution < -0.4 is 21.5 Å². The monoisotopic (exact) mass is 199 g/mol. The van der Waals surface area contributed by atoms with Gasteiger partial charge in [-0.2, -0.15) is 0 Å². The summed E-state index contributed by atoms with van der Waals surface area (Å²) in [6, 6.07) is 6.01. The van der Waals surface area contributed by atoms with Crippen molar-refractivity contribution in [1.82, 2.24) is 0 Å². The standard InChI is InChI=1S/C8H10N.BrH/c1-2-6-9-7-4-3-5-8-9;/h2-5,7-8H,1,6H2;1H/q+1;/p-1. The third kappa shape index (κ3) is 2.78. The van der Waals surface area contributed by atoms with Crippen LogP contribution in [0, 0.1) is 0 Å². The smallest absolute Gasteiger partial charge is 0.169 e. The fourth-order valence-corrected chi connectivity index (χ4v) is 0.705. The lowest BCUT2D eigenvalue weighted by Gasteiger charge is -1.86. The summed E-state index contributed by atoms with van der Waals surface area (Å²) in [5.74, 6) is 0. The predicted octanol–water partition coefficient (Wildman–Crippen LogP) is -1.84. The Morgan fingerprint density at radius 2 is 1.80 bits per heavy atom. The van der Waals surface area contributed by atoms with Crippen molar-refractivity contribution in [1.29, 1.82) is 0 Å². The third-order valence-corrected chi connectivity index (χ3v) is 1.12. The first kappa shape index (κ1) is 9.37. The summed E-state index contributed by atoms with van der Waals surface area (Å²) in [7, 11) is 0. The highest BCUT2D eigenvalue weighted by atomic mass is 79.9. The Morgan fingerprint density at radius 1 is 1.20 bits per heavy atom. The quantitative estimate of drug-likeness (QED) is 0.390. The summed E-state index contributed by atoms with van der Waals surface area (Å²) in [5.41, 5.74) is 0. The fourth-order valence-electron chi connectivity index (χ4n) is 0.705. The fraction of sp³-hybridized carbons (Fsp3) is 0.125. The van der Waals surface area contributed by atoms with Crippen LogP contribution in [0.5, 0.6) is 0 Å². The van der Waals surface area contributed by atoms with Crippen molar-refractivity contribution < 1.29 is 21.5 Å². The van der Waals surface area contributed by atoms with E-state index in [4.69, 9.17) is 0 Å². The van der Waals surface area contributed by atoms with Crippen molar-refractivity contribution in [2.45, 2.75) is 6.54 Å². The van der Waals surface area contributed by atoms with E-state index in [0.717, 1.165) is 6.54 Å². The molecule has 0 bridgehead atoms. The number of pyridine rings is 1. The second-order valence-corrected chi connectivity index (χ2v) is 1.86. The van der Waals surface area contributed by atoms with Crippen molar-refractivity contribution in [2.24, 2.45) is 0 Å². The molecule has 10 heavy (non-hydrogen) atoms. The lowest BCUT2D eigenvalue weighted by molar-refractivity contribution is -0.687. The Morgan fingerprint density at radius 3 is 2.30 bits per heavy atom. The van der Waals surface area contributed by atoms with E-state index in [2.05, 4.69) is 11.1 Å². The van der Waals surface area contributed by atoms with Crippen molar-refractivity contribution in [3.8, 4) is 0 Å². The molecular weight excluding hydrogens is 190 g/mol. The largest absolute Gasteiger partial charge is 1.00 e. The maximum atomic E-state index is 3.64. The predicted molar refractivity (Wildman–Crippen MR) is 36.8 cm³/mol. The summed E-state index contributed by atoms with van der Waals surface area (Å²) in [5, 5.41) is 0. The Bertz CT molecular complexity index is 184. The molecule has 54 valence electrons. The molecule has 0 aliphatic carbocycles. The van der Waals surface area contributed by atoms with E-state index in [0.29, 0.717) is 0 Å². The summed E-state index contributed by atoms with van der Waals surface area (Å²) in [4.78, 5) is 0. The molecule has 0 N–H and O–H groups in total. The van der Waals surface area contributed by atoms with E-state index < -0.39 is 0 Å². The number of allylic oxidation sites excluding steroid dienone is 1. The minimum Gasteiger partial charge on any atom is -1.00 e. The number of rotatable bonds is 2. The molecular formula is C8H10BrN. The van der Waals surface area contributed by atoms with Gasteiger partial charge in [0.05, 0.1) is 0 Å². The van der Waals surface area contributed by atoms with Crippen LogP contribution in [0.15, 0.2) is 43.2 Å². The summed E-state index contributed by atoms with van der Waals surface area (Å²) in [6.45, 7) is 4.52. The van der Waals surface area contributed by atoms with Gasteiger partial charge in [-0.25, -0.2) is 4.57 Å². The van der Waals surface area contributed by atoms with Crippen LogP contribution in [0.2, 0.25) is 0 Å². The van der Waals surface area contributed by atoms with Crippen LogP contribution in [-0.4, -0.2) is 0 Å². The maximum Gasteiger partial charge on any atom is 0.169 e. The zero-order valence-corrected chi connectivity index (χ0v) is 7.29. The van der Waals surface area contributed by atoms with Crippen LogP contribution in [0.1, 0.15) is 0 Å². The summed E-state index contributed by atoms with van der Waals surface area (Å²) in [6.07, 6.45) is 5.91. The van der Waals surface area contributed by atoms with Gasteiger partial charge in [0.15, 0.2) is 18.9 Å². The number of nitrogens with zero attached hydrogens (tertiary/aromatic N) is 1. The second kappa shape index (κ2) is 5.18. The van der Waals surface area contributed by atoms with E-state index in [1.807, 2.05) is 36.7 Å². The molecule has 0 fully saturated rings. The molecule has 0 saturated heterocycles. The van der Waals surface area contributed by atoms with Crippen LogP contribution in [0.4, 0.5) is 0 Å². The molecule has 0 radical (unpaired) electrons. The molecule has 1 nitrogen and oxygen atoms in total. The van der Waals surface area contributed by atoms with Crippen LogP contribution in [0.3, 0.4) is 0 Å². The number of hydrogen-bond donors (Lipinski definition) is 0. The molecule has 0 aromatic carbocycles. The van der Waals surface area contributed by atoms with Crippen molar-refractivity contribution >= 4 is 0 Å². The summed E-state index contributed by atoms with van der Waals surface area (Å²) < 4.78 is 2.06. The van der Waals surface area contributed by atoms with Crippen molar-refractivity contribution in [3.05, 3.63) is 43.2 Å². The zero-order chi connectivity index (χ0) is 6.53. The van der Waals surface area contributed by atoms with Gasteiger partial charge < -0.3 is 17.0 Å². The highest BCUT2D eigenvalue weighted by Crippen LogP contribution is 1.75. The average molecular weight is 200 g/mol. The van der Waals surface area contributed by atoms with Crippen molar-refractivity contribution in [2.75, 3.05) is 0 Å². The minimum atomic E-state index is 0. The average Bonchev–Trinajstić information content (AvgIpc) is 1.91. The van der Waals surface area contributed by atoms with Gasteiger partial charge >= 0.3 is 0 Å². The van der Waals surface area contributed by atoms with Gasteiger partial charge in [-0.05, 0) is 6.08 Å². The molecule has 1 aromatic heterocycles. The number of halogens is 1. The van der Waals surface area contributed by atoms with E-state index in [1.54, 1.807) is 0 Å². The molecule has 0 spiro atoms. The molecule has 0 aliphatic heterocycles. The van der Waals surface area contributed by atoms with Gasteiger partial charge in [0.25, 0.3) is 0 Å². The van der Waals surface area contributed by atoms with Crippen LogP contribution >= 0.6 is 0 Å². The van der Waals surface area contributed by atoms with Gasteiger partial charge in [-0.15, -0.1) is 0 Å². The Balaban J connectivity index is 0.000000810. The lowest BCUT2D eigenvalue weighted by Crippen LogP contribution is -3.00. The maximum absolute atomic E-state index is 3.64. The Hall–Kier alpha value is -0.630. The van der Waals surface area contributed by atoms with E-state index in [9.17, 15) is 0 Å². The zero-order valence-electron chi connectivity index (χ0n) is 5.70. The first-order valence-electron chi connectivity index (χ1n) is 2.98. The molecule has 1 aromatic rings. The molecule has 1 heterocycles. The Kier molecular flexibility index (Phi) is 4.85. The minimum absolute atomic E-state index is 0. The molecule has 1 rings (SSSR count). The van der Waals surface area contributed by atoms with E-state index in [1.165, 1.54) is 0 Å². The van der Waals surface area contributed by atoms with Gasteiger partial charge in [-0.3, -0.25) is 0 Å². The van der Waals surface area contributed by atoms with E-state index >= 15 is 0 Å². The number of hydrogen-bond acceptors (Lipinski definition) is 0. The molecule has 2 heteroatoms. The van der Waals surface area contributed by atoms with Crippen molar-refractivity contribution in [3.63, 3.8) is 0 Å². The van der Waals surface area contributed by atoms with Gasteiger partial charge in [-0.1, -0.05) is 12.6 Å². The molecule has 0 aliphatic rings. The first-order valence-corrected chi connectivity index (χ1v) is 2.98. The highest BCUT2D eigenvalue weighted by molar-refractivity contribution is 4.83. The Labute approximate surface area is 71.8 Å². The van der Waals surface area contributed by atoms with E-state index in [-0.39, 0.29) is 17.0 Å². The topological polar surface area (TPSA) is 3.88 Å². The molecule has 0 saturated carbocycles. The highest BCUT2D eigenvalue weighted by Gasteiger charge is 1.88. The normalized spacial score (nSPS) is 8.00. The molecule has 0 unspecified atom stereocenters. The molecule has 0 amide bonds. The first-order chi connectivity index (χ1) is 4.43. The number of aromatic nitrogens is 1. The lowest BCUT2D eigenvalue weighted by atomic mass is 10.5. The summed E-state index contributed by atoms with van der Waals surface area (Å²) >= 11 is 0. The van der Waals surface area contributed by atoms with Crippen LogP contribution in [0.25, 0.3) is 0 Å². The SMILES string of the molecule is C=CC[n+]1ccccc1.[Br-]. The second-order valence-electron chi connectivity index (χ2n) is 1.86. The van der Waals surface area contributed by atoms with Gasteiger partial charge in [0.2, 0.25) is 0 Å².